The van der Waals surface area contributed by atoms with Crippen molar-refractivity contribution >= 4 is 17.2 Å². The van der Waals surface area contributed by atoms with Crippen LogP contribution in [0.25, 0.3) is 0 Å². The SMILES string of the molecule is O=C(COc1ccccc1)NCCc1nnc2n1CCN(Cc1nccs1)CC2. The summed E-state index contributed by atoms with van der Waals surface area (Å²) in [5, 5.41) is 14.7. The summed E-state index contributed by atoms with van der Waals surface area (Å²) in [6.45, 7) is 4.14. The maximum atomic E-state index is 12.0. The molecular weight excluding hydrogens is 388 g/mol. The Kier molecular flexibility index (Phi) is 6.48. The standard InChI is InChI=1S/C20H24N6O2S/c27-19(15-28-16-4-2-1-3-5-16)21-8-6-17-23-24-18-7-10-25(11-12-26(17)18)14-20-22-9-13-29-20/h1-5,9,13H,6-8,10-12,14-15H2,(H,21,27). The zero-order valence-corrected chi connectivity index (χ0v) is 17.0. The van der Waals surface area contributed by atoms with E-state index >= 15 is 0 Å². The van der Waals surface area contributed by atoms with Crippen LogP contribution in [-0.4, -0.2) is 56.8 Å². The van der Waals surface area contributed by atoms with Gasteiger partial charge in [0.2, 0.25) is 0 Å². The van der Waals surface area contributed by atoms with Gasteiger partial charge in [-0.15, -0.1) is 21.5 Å². The predicted octanol–water partition coefficient (Wildman–Crippen LogP) is 1.53. The summed E-state index contributed by atoms with van der Waals surface area (Å²) in [6.07, 6.45) is 3.37. The fourth-order valence-corrected chi connectivity index (χ4v) is 3.98. The molecule has 1 N–H and O–H groups in total. The second-order valence-electron chi connectivity index (χ2n) is 6.84. The molecule has 8 nitrogen and oxygen atoms in total. The van der Waals surface area contributed by atoms with Gasteiger partial charge in [-0.3, -0.25) is 9.69 Å². The van der Waals surface area contributed by atoms with Crippen molar-refractivity contribution in [3.63, 3.8) is 0 Å². The molecule has 1 aliphatic heterocycles. The van der Waals surface area contributed by atoms with Crippen molar-refractivity contribution in [2.75, 3.05) is 26.2 Å². The summed E-state index contributed by atoms with van der Waals surface area (Å²) < 4.78 is 7.65. The number of hydrogen-bond acceptors (Lipinski definition) is 7. The molecule has 0 bridgehead atoms. The molecule has 0 saturated heterocycles. The number of aromatic nitrogens is 4. The molecule has 2 aromatic heterocycles. The maximum absolute atomic E-state index is 12.0. The van der Waals surface area contributed by atoms with Gasteiger partial charge in [-0.25, -0.2) is 4.98 Å². The van der Waals surface area contributed by atoms with Crippen LogP contribution >= 0.6 is 11.3 Å². The number of nitrogens with one attached hydrogen (secondary N) is 1. The number of hydrogen-bond donors (Lipinski definition) is 1. The van der Waals surface area contributed by atoms with Gasteiger partial charge in [0, 0.05) is 50.6 Å². The van der Waals surface area contributed by atoms with E-state index in [4.69, 9.17) is 4.74 Å². The second-order valence-corrected chi connectivity index (χ2v) is 7.82. The molecule has 29 heavy (non-hydrogen) atoms. The number of ether oxygens (including phenoxy) is 1. The van der Waals surface area contributed by atoms with Crippen LogP contribution in [0.5, 0.6) is 5.75 Å². The van der Waals surface area contributed by atoms with Crippen molar-refractivity contribution in [3.8, 4) is 5.75 Å². The highest BCUT2D eigenvalue weighted by molar-refractivity contribution is 7.09. The highest BCUT2D eigenvalue weighted by Crippen LogP contribution is 2.14. The molecule has 0 radical (unpaired) electrons. The van der Waals surface area contributed by atoms with Gasteiger partial charge in [0.25, 0.3) is 5.91 Å². The number of amides is 1. The molecule has 0 fully saturated rings. The van der Waals surface area contributed by atoms with E-state index in [1.54, 1.807) is 11.3 Å². The zero-order valence-electron chi connectivity index (χ0n) is 16.2. The summed E-state index contributed by atoms with van der Waals surface area (Å²) in [4.78, 5) is 18.8. The first-order valence-corrected chi connectivity index (χ1v) is 10.6. The van der Waals surface area contributed by atoms with Crippen LogP contribution < -0.4 is 10.1 Å². The zero-order chi connectivity index (χ0) is 19.9. The Morgan fingerprint density at radius 2 is 2.07 bits per heavy atom. The fourth-order valence-electron chi connectivity index (χ4n) is 3.32. The van der Waals surface area contributed by atoms with E-state index in [2.05, 4.69) is 30.0 Å². The van der Waals surface area contributed by atoms with Crippen molar-refractivity contribution < 1.29 is 9.53 Å². The number of nitrogens with zero attached hydrogens (tertiary/aromatic N) is 5. The van der Waals surface area contributed by atoms with Crippen LogP contribution in [0.4, 0.5) is 0 Å². The fraction of sp³-hybridized carbons (Fsp3) is 0.400. The summed E-state index contributed by atoms with van der Waals surface area (Å²) >= 11 is 1.69. The average Bonchev–Trinajstić information content (AvgIpc) is 3.34. The number of carbonyl (C=O) groups excluding carboxylic acids is 1. The Bertz CT molecular complexity index is 912. The molecule has 3 aromatic rings. The van der Waals surface area contributed by atoms with Gasteiger partial charge in [0.1, 0.15) is 22.4 Å². The molecule has 0 atom stereocenters. The lowest BCUT2D eigenvalue weighted by Gasteiger charge is -2.17. The lowest BCUT2D eigenvalue weighted by atomic mass is 10.3. The van der Waals surface area contributed by atoms with Crippen LogP contribution in [0, 0.1) is 0 Å². The van der Waals surface area contributed by atoms with E-state index < -0.39 is 0 Å². The number of thiazole rings is 1. The van der Waals surface area contributed by atoms with E-state index in [9.17, 15) is 4.79 Å². The molecule has 9 heteroatoms. The van der Waals surface area contributed by atoms with E-state index in [0.717, 1.165) is 49.3 Å². The van der Waals surface area contributed by atoms with Crippen LogP contribution in [0.1, 0.15) is 16.7 Å². The van der Waals surface area contributed by atoms with Gasteiger partial charge >= 0.3 is 0 Å². The summed E-state index contributed by atoms with van der Waals surface area (Å²) in [6, 6.07) is 9.32. The normalized spacial score (nSPS) is 14.2. The third kappa shape index (κ3) is 5.39. The van der Waals surface area contributed by atoms with Crippen molar-refractivity contribution in [1.82, 2.24) is 30.0 Å². The first kappa shape index (κ1) is 19.5. The van der Waals surface area contributed by atoms with Crippen LogP contribution in [0.3, 0.4) is 0 Å². The monoisotopic (exact) mass is 412 g/mol. The Morgan fingerprint density at radius 1 is 1.17 bits per heavy atom. The van der Waals surface area contributed by atoms with Gasteiger partial charge in [-0.2, -0.15) is 0 Å². The second kappa shape index (κ2) is 9.62. The van der Waals surface area contributed by atoms with Crippen molar-refractivity contribution in [3.05, 3.63) is 58.6 Å². The number of rotatable bonds is 8. The minimum Gasteiger partial charge on any atom is -0.484 e. The topological polar surface area (TPSA) is 85.2 Å². The van der Waals surface area contributed by atoms with Gasteiger partial charge in [0.05, 0.1) is 6.54 Å². The van der Waals surface area contributed by atoms with Gasteiger partial charge < -0.3 is 14.6 Å². The van der Waals surface area contributed by atoms with Crippen molar-refractivity contribution in [2.24, 2.45) is 0 Å². The van der Waals surface area contributed by atoms with Gasteiger partial charge in [-0.05, 0) is 12.1 Å². The highest BCUT2D eigenvalue weighted by Gasteiger charge is 2.19. The minimum absolute atomic E-state index is 0.00761. The third-order valence-corrected chi connectivity index (χ3v) is 5.59. The molecule has 0 aliphatic carbocycles. The van der Waals surface area contributed by atoms with Crippen LogP contribution in [0.2, 0.25) is 0 Å². The summed E-state index contributed by atoms with van der Waals surface area (Å²) in [5.74, 6) is 2.48. The Morgan fingerprint density at radius 3 is 2.90 bits per heavy atom. The quantitative estimate of drug-likeness (QED) is 0.604. The molecule has 0 spiro atoms. The molecule has 1 aliphatic rings. The molecular formula is C20H24N6O2S. The maximum Gasteiger partial charge on any atom is 0.257 e. The van der Waals surface area contributed by atoms with Crippen molar-refractivity contribution in [1.29, 1.82) is 0 Å². The van der Waals surface area contributed by atoms with Crippen molar-refractivity contribution in [2.45, 2.75) is 25.9 Å². The summed E-state index contributed by atoms with van der Waals surface area (Å²) in [5.41, 5.74) is 0. The Balaban J connectivity index is 1.23. The molecule has 152 valence electrons. The molecule has 0 saturated carbocycles. The first-order valence-electron chi connectivity index (χ1n) is 9.74. The Hall–Kier alpha value is -2.78. The highest BCUT2D eigenvalue weighted by atomic mass is 32.1. The number of benzene rings is 1. The molecule has 0 unspecified atom stereocenters. The lowest BCUT2D eigenvalue weighted by Crippen LogP contribution is -2.31. The summed E-state index contributed by atoms with van der Waals surface area (Å²) in [7, 11) is 0. The molecule has 1 amide bonds. The van der Waals surface area contributed by atoms with E-state index in [1.807, 2.05) is 41.9 Å². The average molecular weight is 413 g/mol. The van der Waals surface area contributed by atoms with Crippen LogP contribution in [-0.2, 0) is 30.7 Å². The predicted molar refractivity (Wildman–Crippen MR) is 110 cm³/mol. The number of para-hydroxylation sites is 1. The van der Waals surface area contributed by atoms with Crippen LogP contribution in [0.15, 0.2) is 41.9 Å². The largest absolute Gasteiger partial charge is 0.484 e. The minimum atomic E-state index is -0.140. The van der Waals surface area contributed by atoms with E-state index in [0.29, 0.717) is 18.7 Å². The number of fused-ring (bicyclic) bond motifs is 1. The third-order valence-electron chi connectivity index (χ3n) is 4.82. The molecule has 4 rings (SSSR count). The molecule has 1 aromatic carbocycles. The smallest absolute Gasteiger partial charge is 0.257 e. The van der Waals surface area contributed by atoms with Gasteiger partial charge in [-0.1, -0.05) is 18.2 Å². The first-order chi connectivity index (χ1) is 14.3. The molecule has 3 heterocycles. The van der Waals surface area contributed by atoms with E-state index in [-0.39, 0.29) is 12.5 Å². The number of carbonyl (C=O) groups is 1. The Labute approximate surface area is 173 Å². The van der Waals surface area contributed by atoms with E-state index in [1.165, 1.54) is 0 Å². The van der Waals surface area contributed by atoms with Gasteiger partial charge in [0.15, 0.2) is 6.61 Å². The lowest BCUT2D eigenvalue weighted by molar-refractivity contribution is -0.123.